The Morgan fingerprint density at radius 3 is 2.88 bits per heavy atom. The highest BCUT2D eigenvalue weighted by Gasteiger charge is 2.16. The van der Waals surface area contributed by atoms with Crippen LogP contribution in [0.2, 0.25) is 0 Å². The Labute approximate surface area is 101 Å². The summed E-state index contributed by atoms with van der Waals surface area (Å²) in [4.78, 5) is 10.4. The molecule has 0 radical (unpaired) electrons. The van der Waals surface area contributed by atoms with Crippen LogP contribution < -0.4 is 4.90 Å². The number of anilines is 1. The van der Waals surface area contributed by atoms with E-state index in [1.54, 1.807) is 12.4 Å². The van der Waals surface area contributed by atoms with Crippen molar-refractivity contribution in [2.75, 3.05) is 25.1 Å². The van der Waals surface area contributed by atoms with Crippen LogP contribution in [-0.2, 0) is 11.3 Å². The van der Waals surface area contributed by atoms with E-state index in [9.17, 15) is 0 Å². The van der Waals surface area contributed by atoms with E-state index < -0.39 is 0 Å². The predicted octanol–water partition coefficient (Wildman–Crippen LogP) is 0.974. The zero-order chi connectivity index (χ0) is 12.1. The second kappa shape index (κ2) is 5.93. The summed E-state index contributed by atoms with van der Waals surface area (Å²) in [7, 11) is 1.99. The first-order valence-electron chi connectivity index (χ1n) is 6.04. The number of aliphatic hydroxyl groups is 1. The Bertz CT molecular complexity index is 336. The lowest BCUT2D eigenvalue weighted by atomic mass is 10.1. The molecular formula is C12H19N3O2. The minimum absolute atomic E-state index is 0.0667. The lowest BCUT2D eigenvalue weighted by Crippen LogP contribution is -2.33. The molecule has 0 bridgehead atoms. The maximum Gasteiger partial charge on any atom is 0.146 e. The highest BCUT2D eigenvalue weighted by atomic mass is 16.5. The first kappa shape index (κ1) is 12.3. The van der Waals surface area contributed by atoms with Gasteiger partial charge in [0.1, 0.15) is 5.82 Å². The van der Waals surface area contributed by atoms with Gasteiger partial charge >= 0.3 is 0 Å². The summed E-state index contributed by atoms with van der Waals surface area (Å²) < 4.78 is 5.69. The number of likely N-dealkylation sites (N-methyl/N-ethyl adjacent to an activating group) is 1. The van der Waals surface area contributed by atoms with Gasteiger partial charge in [0.15, 0.2) is 0 Å². The van der Waals surface area contributed by atoms with Crippen molar-refractivity contribution in [3.63, 3.8) is 0 Å². The Hall–Kier alpha value is -1.20. The molecule has 1 aromatic rings. The maximum atomic E-state index is 8.89. The van der Waals surface area contributed by atoms with Crippen LogP contribution >= 0.6 is 0 Å². The minimum Gasteiger partial charge on any atom is -0.390 e. The molecule has 1 aromatic heterocycles. The number of ether oxygens (including phenoxy) is 1. The molecule has 0 amide bonds. The summed E-state index contributed by atoms with van der Waals surface area (Å²) in [6.45, 7) is 1.64. The number of nitrogens with zero attached hydrogens (tertiary/aromatic N) is 3. The Morgan fingerprint density at radius 2 is 2.29 bits per heavy atom. The predicted molar refractivity (Wildman–Crippen MR) is 64.8 cm³/mol. The van der Waals surface area contributed by atoms with Crippen LogP contribution in [-0.4, -0.2) is 41.4 Å². The molecule has 5 nitrogen and oxygen atoms in total. The van der Waals surface area contributed by atoms with Crippen molar-refractivity contribution in [1.82, 2.24) is 9.97 Å². The van der Waals surface area contributed by atoms with Crippen LogP contribution in [0.3, 0.4) is 0 Å². The van der Waals surface area contributed by atoms with Crippen LogP contribution in [0.25, 0.3) is 0 Å². The van der Waals surface area contributed by atoms with Gasteiger partial charge in [0.2, 0.25) is 0 Å². The number of hydrogen-bond donors (Lipinski definition) is 1. The molecule has 1 fully saturated rings. The van der Waals surface area contributed by atoms with E-state index in [-0.39, 0.29) is 6.61 Å². The Balaban J connectivity index is 1.91. The monoisotopic (exact) mass is 237 g/mol. The van der Waals surface area contributed by atoms with Gasteiger partial charge in [-0.05, 0) is 19.3 Å². The van der Waals surface area contributed by atoms with Gasteiger partial charge < -0.3 is 14.7 Å². The molecule has 5 heteroatoms. The van der Waals surface area contributed by atoms with Crippen molar-refractivity contribution in [3.05, 3.63) is 18.1 Å². The molecule has 1 atom stereocenters. The molecular weight excluding hydrogens is 218 g/mol. The standard InChI is InChI=1S/C12H19N3O2/c1-15(8-11-4-2-3-5-17-11)12-7-13-10(9-16)6-14-12/h6-7,11,16H,2-5,8-9H2,1H3. The number of aromatic nitrogens is 2. The average Bonchev–Trinajstić information content (AvgIpc) is 2.40. The third-order valence-electron chi connectivity index (χ3n) is 3.00. The zero-order valence-electron chi connectivity index (χ0n) is 10.2. The van der Waals surface area contributed by atoms with E-state index in [4.69, 9.17) is 9.84 Å². The van der Waals surface area contributed by atoms with Crippen LogP contribution in [0.4, 0.5) is 5.82 Å². The lowest BCUT2D eigenvalue weighted by molar-refractivity contribution is 0.0215. The van der Waals surface area contributed by atoms with Gasteiger partial charge in [-0.1, -0.05) is 0 Å². The Kier molecular flexibility index (Phi) is 4.28. The van der Waals surface area contributed by atoms with E-state index in [1.807, 2.05) is 11.9 Å². The van der Waals surface area contributed by atoms with Crippen LogP contribution in [0.15, 0.2) is 12.4 Å². The Morgan fingerprint density at radius 1 is 1.41 bits per heavy atom. The topological polar surface area (TPSA) is 58.5 Å². The molecule has 1 N–H and O–H groups in total. The summed E-state index contributed by atoms with van der Waals surface area (Å²) >= 11 is 0. The van der Waals surface area contributed by atoms with Crippen molar-refractivity contribution >= 4 is 5.82 Å². The van der Waals surface area contributed by atoms with Crippen LogP contribution in [0.1, 0.15) is 25.0 Å². The normalized spacial score (nSPS) is 20.2. The molecule has 94 valence electrons. The summed E-state index contributed by atoms with van der Waals surface area (Å²) in [6, 6.07) is 0. The molecule has 1 aliphatic heterocycles. The first-order chi connectivity index (χ1) is 8.29. The van der Waals surface area contributed by atoms with E-state index >= 15 is 0 Å². The zero-order valence-corrected chi connectivity index (χ0v) is 10.2. The SMILES string of the molecule is CN(CC1CCCCO1)c1cnc(CO)cn1. The van der Waals surface area contributed by atoms with Crippen molar-refractivity contribution in [2.24, 2.45) is 0 Å². The number of aliphatic hydroxyl groups excluding tert-OH is 1. The quantitative estimate of drug-likeness (QED) is 0.845. The third-order valence-corrected chi connectivity index (χ3v) is 3.00. The molecule has 1 saturated heterocycles. The smallest absolute Gasteiger partial charge is 0.146 e. The molecule has 2 heterocycles. The maximum absolute atomic E-state index is 8.89. The molecule has 1 aliphatic rings. The van der Waals surface area contributed by atoms with E-state index in [2.05, 4.69) is 9.97 Å². The van der Waals surface area contributed by atoms with Gasteiger partial charge in [0.25, 0.3) is 0 Å². The summed E-state index contributed by atoms with van der Waals surface area (Å²) in [5.74, 6) is 0.816. The van der Waals surface area contributed by atoms with Crippen molar-refractivity contribution in [1.29, 1.82) is 0 Å². The van der Waals surface area contributed by atoms with Gasteiger partial charge in [-0.3, -0.25) is 4.98 Å². The number of hydrogen-bond acceptors (Lipinski definition) is 5. The number of rotatable bonds is 4. The fourth-order valence-electron chi connectivity index (χ4n) is 1.98. The van der Waals surface area contributed by atoms with Crippen molar-refractivity contribution in [3.8, 4) is 0 Å². The van der Waals surface area contributed by atoms with Crippen molar-refractivity contribution in [2.45, 2.75) is 32.0 Å². The van der Waals surface area contributed by atoms with Gasteiger partial charge in [0, 0.05) is 20.2 Å². The lowest BCUT2D eigenvalue weighted by Gasteiger charge is -2.27. The van der Waals surface area contributed by atoms with Gasteiger partial charge in [-0.2, -0.15) is 0 Å². The van der Waals surface area contributed by atoms with E-state index in [1.165, 1.54) is 12.8 Å². The van der Waals surface area contributed by atoms with Gasteiger partial charge in [-0.25, -0.2) is 4.98 Å². The molecule has 0 aromatic carbocycles. The second-order valence-electron chi connectivity index (χ2n) is 4.39. The largest absolute Gasteiger partial charge is 0.390 e. The fraction of sp³-hybridized carbons (Fsp3) is 0.667. The highest BCUT2D eigenvalue weighted by Crippen LogP contribution is 2.15. The summed E-state index contributed by atoms with van der Waals surface area (Å²) in [5, 5.41) is 8.89. The molecule has 0 aliphatic carbocycles. The minimum atomic E-state index is -0.0667. The highest BCUT2D eigenvalue weighted by molar-refractivity contribution is 5.34. The average molecular weight is 237 g/mol. The molecule has 0 spiro atoms. The molecule has 1 unspecified atom stereocenters. The van der Waals surface area contributed by atoms with E-state index in [0.29, 0.717) is 11.8 Å². The van der Waals surface area contributed by atoms with Crippen molar-refractivity contribution < 1.29 is 9.84 Å². The molecule has 0 saturated carbocycles. The summed E-state index contributed by atoms with van der Waals surface area (Å²) in [6.07, 6.45) is 7.13. The summed E-state index contributed by atoms with van der Waals surface area (Å²) in [5.41, 5.74) is 0.594. The van der Waals surface area contributed by atoms with Gasteiger partial charge in [0.05, 0.1) is 30.8 Å². The van der Waals surface area contributed by atoms with E-state index in [0.717, 1.165) is 25.4 Å². The van der Waals surface area contributed by atoms with Crippen LogP contribution in [0, 0.1) is 0 Å². The molecule has 17 heavy (non-hydrogen) atoms. The first-order valence-corrected chi connectivity index (χ1v) is 6.04. The second-order valence-corrected chi connectivity index (χ2v) is 4.39. The van der Waals surface area contributed by atoms with Crippen LogP contribution in [0.5, 0.6) is 0 Å². The third kappa shape index (κ3) is 3.38. The van der Waals surface area contributed by atoms with Gasteiger partial charge in [-0.15, -0.1) is 0 Å². The fourth-order valence-corrected chi connectivity index (χ4v) is 1.98. The molecule has 2 rings (SSSR count).